The third-order valence-electron chi connectivity index (χ3n) is 2.94. The van der Waals surface area contributed by atoms with Gasteiger partial charge in [-0.1, -0.05) is 12.2 Å². The number of nitrogens with zero attached hydrogens (tertiary/aromatic N) is 2. The number of aromatic nitrogens is 1. The summed E-state index contributed by atoms with van der Waals surface area (Å²) in [6.07, 6.45) is 2.23. The molecule has 2 aromatic rings. The van der Waals surface area contributed by atoms with Gasteiger partial charge in [-0.15, -0.1) is 0 Å². The molecule has 0 aliphatic heterocycles. The zero-order valence-corrected chi connectivity index (χ0v) is 12.9. The highest BCUT2D eigenvalue weighted by Gasteiger charge is 2.20. The lowest BCUT2D eigenvalue weighted by molar-refractivity contribution is -0.384. The van der Waals surface area contributed by atoms with Gasteiger partial charge in [-0.05, 0) is 17.7 Å². The Labute approximate surface area is 130 Å². The van der Waals surface area contributed by atoms with Crippen LogP contribution in [0.5, 0.6) is 0 Å². The van der Waals surface area contributed by atoms with Gasteiger partial charge >= 0.3 is 0 Å². The van der Waals surface area contributed by atoms with E-state index >= 15 is 0 Å². The van der Waals surface area contributed by atoms with Crippen LogP contribution in [0.2, 0.25) is 0 Å². The van der Waals surface area contributed by atoms with Crippen molar-refractivity contribution in [2.45, 2.75) is 4.90 Å². The zero-order valence-electron chi connectivity index (χ0n) is 11.2. The van der Waals surface area contributed by atoms with Gasteiger partial charge in [-0.2, -0.15) is 5.26 Å². The Morgan fingerprint density at radius 1 is 1.32 bits per heavy atom. The number of non-ortho nitro benzene ring substituents is 1. The van der Waals surface area contributed by atoms with Crippen molar-refractivity contribution in [3.63, 3.8) is 0 Å². The van der Waals surface area contributed by atoms with Crippen molar-refractivity contribution in [2.75, 3.05) is 6.26 Å². The summed E-state index contributed by atoms with van der Waals surface area (Å²) in [4.78, 5) is 12.6. The first kappa shape index (κ1) is 15.8. The number of nitro groups is 1. The predicted molar refractivity (Wildman–Crippen MR) is 81.5 cm³/mol. The van der Waals surface area contributed by atoms with Crippen molar-refractivity contribution in [2.24, 2.45) is 0 Å². The number of hydrogen-bond acceptors (Lipinski definition) is 6. The average molecular weight is 335 g/mol. The van der Waals surface area contributed by atoms with Crippen molar-refractivity contribution in [1.29, 1.82) is 5.26 Å². The maximum absolute atomic E-state index is 11.9. The van der Waals surface area contributed by atoms with Gasteiger partial charge in [0.2, 0.25) is 0 Å². The fourth-order valence-electron chi connectivity index (χ4n) is 1.95. The lowest BCUT2D eigenvalue weighted by Crippen LogP contribution is -2.04. The number of pyridine rings is 1. The third-order valence-corrected chi connectivity index (χ3v) is 4.38. The Kier molecular flexibility index (Phi) is 4.07. The molecule has 22 heavy (non-hydrogen) atoms. The summed E-state index contributed by atoms with van der Waals surface area (Å²) >= 11 is 5.01. The summed E-state index contributed by atoms with van der Waals surface area (Å²) in [7, 11) is -3.62. The maximum atomic E-state index is 11.9. The summed E-state index contributed by atoms with van der Waals surface area (Å²) in [5.41, 5.74) is 0.377. The molecule has 0 saturated heterocycles. The van der Waals surface area contributed by atoms with Crippen molar-refractivity contribution in [3.8, 4) is 17.2 Å². The minimum absolute atomic E-state index is 0.00628. The largest absolute Gasteiger partial charge is 0.350 e. The van der Waals surface area contributed by atoms with Crippen LogP contribution in [0.4, 0.5) is 5.69 Å². The summed E-state index contributed by atoms with van der Waals surface area (Å²) in [6.45, 7) is 0. The Bertz CT molecular complexity index is 954. The smallest absolute Gasteiger partial charge is 0.269 e. The molecule has 112 valence electrons. The third kappa shape index (κ3) is 2.88. The van der Waals surface area contributed by atoms with E-state index in [4.69, 9.17) is 12.2 Å². The molecule has 0 atom stereocenters. The van der Waals surface area contributed by atoms with Gasteiger partial charge in [-0.25, -0.2) is 8.42 Å². The quantitative estimate of drug-likeness (QED) is 0.523. The minimum atomic E-state index is -3.62. The normalized spacial score (nSPS) is 10.9. The molecule has 1 aromatic heterocycles. The molecule has 7 nitrogen and oxygen atoms in total. The van der Waals surface area contributed by atoms with E-state index in [1.807, 2.05) is 6.07 Å². The summed E-state index contributed by atoms with van der Waals surface area (Å²) < 4.78 is 23.9. The highest BCUT2D eigenvalue weighted by Crippen LogP contribution is 2.31. The molecule has 0 amide bonds. The first-order valence-electron chi connectivity index (χ1n) is 5.86. The molecule has 0 aliphatic rings. The van der Waals surface area contributed by atoms with Gasteiger partial charge in [0.1, 0.15) is 10.7 Å². The van der Waals surface area contributed by atoms with E-state index in [0.29, 0.717) is 5.56 Å². The highest BCUT2D eigenvalue weighted by atomic mass is 32.2. The second-order valence-electron chi connectivity index (χ2n) is 4.42. The molecule has 9 heteroatoms. The van der Waals surface area contributed by atoms with E-state index in [-0.39, 0.29) is 26.4 Å². The Hall–Kier alpha value is -2.57. The first-order chi connectivity index (χ1) is 10.3. The number of nitro benzene ring substituents is 1. The Morgan fingerprint density at radius 3 is 2.36 bits per heavy atom. The van der Waals surface area contributed by atoms with Crippen LogP contribution in [0.15, 0.2) is 35.4 Å². The summed E-state index contributed by atoms with van der Waals surface area (Å²) in [5, 5.41) is 19.9. The predicted octanol–water partition coefficient (Wildman–Crippen LogP) is 2.59. The molecule has 0 bridgehead atoms. The van der Waals surface area contributed by atoms with Crippen molar-refractivity contribution < 1.29 is 13.3 Å². The van der Waals surface area contributed by atoms with Gasteiger partial charge in [-0.3, -0.25) is 10.1 Å². The van der Waals surface area contributed by atoms with Gasteiger partial charge in [0.25, 0.3) is 5.69 Å². The second-order valence-corrected chi connectivity index (χ2v) is 6.81. The molecular weight excluding hydrogens is 326 g/mol. The molecule has 1 N–H and O–H groups in total. The number of sulfone groups is 1. The van der Waals surface area contributed by atoms with Crippen LogP contribution in [-0.2, 0) is 9.84 Å². The molecule has 0 spiro atoms. The van der Waals surface area contributed by atoms with Crippen LogP contribution in [0.25, 0.3) is 11.1 Å². The van der Waals surface area contributed by atoms with Crippen LogP contribution < -0.4 is 0 Å². The van der Waals surface area contributed by atoms with Crippen LogP contribution in [0.3, 0.4) is 0 Å². The van der Waals surface area contributed by atoms with E-state index in [0.717, 1.165) is 6.26 Å². The number of nitrogens with one attached hydrogen (secondary N) is 1. The van der Waals surface area contributed by atoms with Gasteiger partial charge in [0.05, 0.1) is 15.4 Å². The van der Waals surface area contributed by atoms with Crippen molar-refractivity contribution in [1.82, 2.24) is 4.98 Å². The molecular formula is C13H9N3O4S2. The number of rotatable bonds is 3. The fourth-order valence-corrected chi connectivity index (χ4v) is 3.02. The van der Waals surface area contributed by atoms with E-state index in [1.165, 1.54) is 30.5 Å². The Morgan fingerprint density at radius 2 is 1.91 bits per heavy atom. The fraction of sp³-hybridized carbons (Fsp3) is 0.0769. The number of H-pyrrole nitrogens is 1. The van der Waals surface area contributed by atoms with Gasteiger partial charge < -0.3 is 4.98 Å². The number of aromatic amines is 1. The standard InChI is InChI=1S/C13H9N3O4S2/c1-22(19,20)11-7-15-13(21)10(6-14)12(11)8-2-4-9(5-3-8)16(17)18/h2-5,7H,1H3,(H,15,21). The molecule has 0 radical (unpaired) electrons. The average Bonchev–Trinajstić information content (AvgIpc) is 2.45. The number of benzene rings is 1. The van der Waals surface area contributed by atoms with Gasteiger partial charge in [0.15, 0.2) is 9.84 Å². The van der Waals surface area contributed by atoms with E-state index in [2.05, 4.69) is 4.98 Å². The number of nitriles is 1. The molecule has 0 saturated carbocycles. The maximum Gasteiger partial charge on any atom is 0.269 e. The van der Waals surface area contributed by atoms with Crippen LogP contribution in [0.1, 0.15) is 5.56 Å². The first-order valence-corrected chi connectivity index (χ1v) is 8.16. The van der Waals surface area contributed by atoms with Gasteiger partial charge in [0, 0.05) is 30.1 Å². The van der Waals surface area contributed by atoms with Crippen LogP contribution in [-0.4, -0.2) is 24.6 Å². The lowest BCUT2D eigenvalue weighted by atomic mass is 10.0. The van der Waals surface area contributed by atoms with Crippen molar-refractivity contribution >= 4 is 27.7 Å². The molecule has 0 unspecified atom stereocenters. The van der Waals surface area contributed by atoms with E-state index in [1.54, 1.807) is 0 Å². The molecule has 0 aliphatic carbocycles. The zero-order chi connectivity index (χ0) is 16.5. The van der Waals surface area contributed by atoms with Crippen molar-refractivity contribution in [3.05, 3.63) is 50.8 Å². The monoisotopic (exact) mass is 335 g/mol. The lowest BCUT2D eigenvalue weighted by Gasteiger charge is -2.10. The SMILES string of the molecule is CS(=O)(=O)c1c[nH]c(=S)c(C#N)c1-c1ccc([N+](=O)[O-])cc1. The topological polar surface area (TPSA) is 117 Å². The summed E-state index contributed by atoms with van der Waals surface area (Å²) in [6, 6.07) is 7.13. The molecule has 0 fully saturated rings. The molecule has 1 heterocycles. The Balaban J connectivity index is 2.83. The van der Waals surface area contributed by atoms with E-state index < -0.39 is 14.8 Å². The molecule has 2 rings (SSSR count). The molecule has 1 aromatic carbocycles. The van der Waals surface area contributed by atoms with Crippen LogP contribution in [0, 0.1) is 26.1 Å². The highest BCUT2D eigenvalue weighted by molar-refractivity contribution is 7.90. The minimum Gasteiger partial charge on any atom is -0.350 e. The summed E-state index contributed by atoms with van der Waals surface area (Å²) in [5.74, 6) is 0. The second kappa shape index (κ2) is 5.67. The van der Waals surface area contributed by atoms with E-state index in [9.17, 15) is 23.8 Å². The number of hydrogen-bond donors (Lipinski definition) is 1. The van der Waals surface area contributed by atoms with Crippen LogP contribution >= 0.6 is 12.2 Å².